The fourth-order valence-electron chi connectivity index (χ4n) is 4.15. The summed E-state index contributed by atoms with van der Waals surface area (Å²) in [4.78, 5) is 11.3. The van der Waals surface area contributed by atoms with Gasteiger partial charge in [0.1, 0.15) is 6.33 Å². The Morgan fingerprint density at radius 2 is 2.07 bits per heavy atom. The molecule has 0 bridgehead atoms. The zero-order chi connectivity index (χ0) is 19.9. The van der Waals surface area contributed by atoms with Gasteiger partial charge < -0.3 is 0 Å². The third-order valence-electron chi connectivity index (χ3n) is 5.43. The average Bonchev–Trinajstić information content (AvgIpc) is 3.08. The van der Waals surface area contributed by atoms with Crippen LogP contribution in [0.2, 0.25) is 0 Å². The predicted molar refractivity (Wildman–Crippen MR) is 125 cm³/mol. The Morgan fingerprint density at radius 3 is 2.82 bits per heavy atom. The number of nitrogens with zero attached hydrogens (tertiary/aromatic N) is 5. The first-order chi connectivity index (χ1) is 13.3. The topological polar surface area (TPSA) is 46.3 Å². The minimum absolute atomic E-state index is 0.00814. The van der Waals surface area contributed by atoms with Gasteiger partial charge in [-0.05, 0) is 55.7 Å². The molecule has 3 unspecified atom stereocenters. The largest absolute Gasteiger partial charge is 0.298 e. The number of hydrogen-bond donors (Lipinski definition) is 0. The molecular weight excluding hydrogens is 403 g/mol. The van der Waals surface area contributed by atoms with Crippen molar-refractivity contribution in [2.24, 2.45) is 0 Å². The Bertz CT molecular complexity index is 995. The van der Waals surface area contributed by atoms with Crippen LogP contribution in [0.3, 0.4) is 0 Å². The maximum Gasteiger partial charge on any atom is 0.252 e. The Morgan fingerprint density at radius 1 is 1.25 bits per heavy atom. The van der Waals surface area contributed by atoms with E-state index in [9.17, 15) is 0 Å². The van der Waals surface area contributed by atoms with Crippen LogP contribution < -0.4 is 5.30 Å². The van der Waals surface area contributed by atoms with E-state index < -0.39 is 0 Å². The van der Waals surface area contributed by atoms with Gasteiger partial charge in [-0.25, -0.2) is 9.50 Å². The molecule has 0 N–H and O–H groups in total. The maximum absolute atomic E-state index is 4.49. The van der Waals surface area contributed by atoms with Crippen LogP contribution in [-0.4, -0.2) is 37.6 Å². The monoisotopic (exact) mass is 431 g/mol. The van der Waals surface area contributed by atoms with E-state index in [0.29, 0.717) is 11.7 Å². The number of likely N-dealkylation sites (tertiary alicyclic amines) is 1. The third kappa shape index (κ3) is 4.29. The Balaban J connectivity index is 1.53. The fourth-order valence-corrected chi connectivity index (χ4v) is 5.63. The van der Waals surface area contributed by atoms with Crippen molar-refractivity contribution in [2.75, 3.05) is 13.1 Å². The van der Waals surface area contributed by atoms with E-state index in [0.717, 1.165) is 25.3 Å². The SMILES string of the molecule is Cc1cc([C@H]2CCCN(Cc3ccc(C(C)(P)P)c(P)c3)C2)n2ncnc2n1. The molecule has 28 heavy (non-hydrogen) atoms. The average molecular weight is 431 g/mol. The number of rotatable bonds is 4. The van der Waals surface area contributed by atoms with Crippen molar-refractivity contribution >= 4 is 38.8 Å². The summed E-state index contributed by atoms with van der Waals surface area (Å²) in [6, 6.07) is 9.00. The van der Waals surface area contributed by atoms with E-state index in [1.807, 2.05) is 11.4 Å². The van der Waals surface area contributed by atoms with Crippen molar-refractivity contribution < 1.29 is 0 Å². The second kappa shape index (κ2) is 8.04. The minimum atomic E-state index is 0.00814. The summed E-state index contributed by atoms with van der Waals surface area (Å²) in [6.07, 6.45) is 3.98. The van der Waals surface area contributed by atoms with Crippen LogP contribution >= 0.6 is 27.7 Å². The van der Waals surface area contributed by atoms with E-state index >= 15 is 0 Å². The standard InChI is InChI=1S/C20H28N5P3/c1-13-8-17(25-19(23-13)21-12-22-25)15-4-3-7-24(11-15)10-14-5-6-16(18(26)9-14)20(2,27)28/h5-6,8-9,12,15H,3-4,7,10-11,26-28H2,1-2H3/t15-/m0/s1. The normalized spacial score (nSPS) is 18.7. The number of aryl methyl sites for hydroxylation is 1. The van der Waals surface area contributed by atoms with Gasteiger partial charge in [0.25, 0.3) is 5.78 Å². The van der Waals surface area contributed by atoms with E-state index in [4.69, 9.17) is 0 Å². The first-order valence-electron chi connectivity index (χ1n) is 9.67. The van der Waals surface area contributed by atoms with Crippen LogP contribution in [0.15, 0.2) is 30.6 Å². The molecule has 0 aliphatic carbocycles. The minimum Gasteiger partial charge on any atom is -0.298 e. The molecule has 8 heteroatoms. The third-order valence-corrected chi connectivity index (χ3v) is 6.53. The van der Waals surface area contributed by atoms with Crippen LogP contribution in [0.1, 0.15) is 48.2 Å². The summed E-state index contributed by atoms with van der Waals surface area (Å²) in [5, 5.41) is 5.68. The van der Waals surface area contributed by atoms with Gasteiger partial charge in [-0.2, -0.15) is 10.1 Å². The molecule has 3 aromatic rings. The molecule has 4 rings (SSSR count). The number of fused-ring (bicyclic) bond motifs is 1. The summed E-state index contributed by atoms with van der Waals surface area (Å²) in [5.41, 5.74) is 4.93. The molecule has 0 spiro atoms. The van der Waals surface area contributed by atoms with E-state index in [1.54, 1.807) is 6.33 Å². The lowest BCUT2D eigenvalue weighted by Crippen LogP contribution is -2.35. The van der Waals surface area contributed by atoms with Crippen LogP contribution in [-0.2, 0) is 11.4 Å². The summed E-state index contributed by atoms with van der Waals surface area (Å²) < 4.78 is 1.91. The van der Waals surface area contributed by atoms with Gasteiger partial charge in [-0.3, -0.25) is 4.90 Å². The summed E-state index contributed by atoms with van der Waals surface area (Å²) in [6.45, 7) is 7.39. The van der Waals surface area contributed by atoms with Crippen LogP contribution in [0.5, 0.6) is 0 Å². The molecule has 4 atom stereocenters. The maximum atomic E-state index is 4.49. The molecule has 1 saturated heterocycles. The number of benzene rings is 1. The highest BCUT2D eigenvalue weighted by Gasteiger charge is 2.25. The first kappa shape index (κ1) is 20.3. The van der Waals surface area contributed by atoms with Gasteiger partial charge in [0, 0.05) is 29.6 Å². The quantitative estimate of drug-likeness (QED) is 0.596. The first-order valence-corrected chi connectivity index (χ1v) is 11.4. The van der Waals surface area contributed by atoms with Gasteiger partial charge in [0.15, 0.2) is 0 Å². The molecule has 0 amide bonds. The molecule has 3 heterocycles. The lowest BCUT2D eigenvalue weighted by atomic mass is 9.93. The van der Waals surface area contributed by atoms with Gasteiger partial charge in [0.05, 0.1) is 5.69 Å². The molecule has 1 aliphatic rings. The highest BCUT2D eigenvalue weighted by atomic mass is 31.1. The van der Waals surface area contributed by atoms with Crippen molar-refractivity contribution in [2.45, 2.75) is 44.0 Å². The summed E-state index contributed by atoms with van der Waals surface area (Å²) in [7, 11) is 8.70. The van der Waals surface area contributed by atoms with Crippen molar-refractivity contribution in [1.82, 2.24) is 24.5 Å². The van der Waals surface area contributed by atoms with Gasteiger partial charge in [0.2, 0.25) is 0 Å². The Hall–Kier alpha value is -0.980. The van der Waals surface area contributed by atoms with Crippen molar-refractivity contribution in [3.05, 3.63) is 53.1 Å². The van der Waals surface area contributed by atoms with Crippen LogP contribution in [0.25, 0.3) is 5.78 Å². The number of hydrogen-bond acceptors (Lipinski definition) is 4. The molecule has 1 fully saturated rings. The molecule has 0 radical (unpaired) electrons. The molecule has 1 aromatic carbocycles. The zero-order valence-electron chi connectivity index (χ0n) is 16.5. The molecule has 148 valence electrons. The van der Waals surface area contributed by atoms with Gasteiger partial charge in [-0.1, -0.05) is 18.2 Å². The smallest absolute Gasteiger partial charge is 0.252 e. The zero-order valence-corrected chi connectivity index (χ0v) is 19.9. The van der Waals surface area contributed by atoms with E-state index in [-0.39, 0.29) is 4.90 Å². The van der Waals surface area contributed by atoms with Crippen molar-refractivity contribution in [1.29, 1.82) is 0 Å². The number of piperidine rings is 1. The summed E-state index contributed by atoms with van der Waals surface area (Å²) >= 11 is 0. The second-order valence-electron chi connectivity index (χ2n) is 8.07. The summed E-state index contributed by atoms with van der Waals surface area (Å²) in [5.74, 6) is 1.16. The molecular formula is C20H28N5P3. The van der Waals surface area contributed by atoms with Crippen molar-refractivity contribution in [3.8, 4) is 0 Å². The van der Waals surface area contributed by atoms with Crippen LogP contribution in [0.4, 0.5) is 0 Å². The second-order valence-corrected chi connectivity index (χ2v) is 11.8. The van der Waals surface area contributed by atoms with E-state index in [1.165, 1.54) is 35.0 Å². The van der Waals surface area contributed by atoms with Crippen LogP contribution in [0, 0.1) is 6.92 Å². The van der Waals surface area contributed by atoms with Crippen molar-refractivity contribution in [3.63, 3.8) is 0 Å². The molecule has 5 nitrogen and oxygen atoms in total. The molecule has 0 saturated carbocycles. The number of aromatic nitrogens is 4. The highest BCUT2D eigenvalue weighted by molar-refractivity contribution is 7.39. The highest BCUT2D eigenvalue weighted by Crippen LogP contribution is 2.37. The Labute approximate surface area is 173 Å². The molecule has 1 aliphatic heterocycles. The fraction of sp³-hybridized carbons (Fsp3) is 0.450. The van der Waals surface area contributed by atoms with Gasteiger partial charge in [-0.15, -0.1) is 27.7 Å². The predicted octanol–water partition coefficient (Wildman–Crippen LogP) is 3.24. The lowest BCUT2D eigenvalue weighted by Gasteiger charge is -2.33. The Kier molecular flexibility index (Phi) is 5.83. The van der Waals surface area contributed by atoms with E-state index in [2.05, 4.69) is 78.9 Å². The lowest BCUT2D eigenvalue weighted by molar-refractivity contribution is 0.197. The van der Waals surface area contributed by atoms with Gasteiger partial charge >= 0.3 is 0 Å². The molecule has 2 aromatic heterocycles.